The molecule has 0 saturated heterocycles. The Hall–Kier alpha value is -1.48. The molecule has 0 N–H and O–H groups in total. The molecule has 0 aliphatic heterocycles. The zero-order valence-corrected chi connectivity index (χ0v) is 10.4. The number of aromatic nitrogens is 2. The normalized spacial score (nSPS) is 10.5. The van der Waals surface area contributed by atoms with Crippen molar-refractivity contribution in [2.24, 2.45) is 7.05 Å². The van der Waals surface area contributed by atoms with Crippen molar-refractivity contribution in [2.75, 3.05) is 19.0 Å². The molecule has 0 unspecified atom stereocenters. The largest absolute Gasteiger partial charge is 0.360 e. The first kappa shape index (κ1) is 11.0. The highest BCUT2D eigenvalue weighted by Crippen LogP contribution is 2.29. The summed E-state index contributed by atoms with van der Waals surface area (Å²) in [7, 11) is 5.79. The van der Waals surface area contributed by atoms with Crippen LogP contribution in [-0.4, -0.2) is 23.6 Å². The van der Waals surface area contributed by atoms with Gasteiger partial charge in [0.2, 0.25) is 0 Å². The van der Waals surface area contributed by atoms with Gasteiger partial charge in [-0.05, 0) is 0 Å². The van der Waals surface area contributed by atoms with Crippen molar-refractivity contribution in [1.82, 2.24) is 9.55 Å². The molecule has 4 heteroatoms. The standard InChI is InChI=1S/C12H14ClN3/c1-15(2)12-10(13)16(3)11(14-12)9-7-5-4-6-8-9/h4-8H,1-3H3. The number of benzene rings is 1. The molecule has 0 saturated carbocycles. The molecule has 84 valence electrons. The highest BCUT2D eigenvalue weighted by molar-refractivity contribution is 6.32. The van der Waals surface area contributed by atoms with Gasteiger partial charge in [-0.2, -0.15) is 0 Å². The van der Waals surface area contributed by atoms with Crippen molar-refractivity contribution in [1.29, 1.82) is 0 Å². The Labute approximate surface area is 100 Å². The van der Waals surface area contributed by atoms with Crippen LogP contribution in [0.25, 0.3) is 11.4 Å². The maximum atomic E-state index is 6.22. The van der Waals surface area contributed by atoms with E-state index in [-0.39, 0.29) is 0 Å². The predicted octanol–water partition coefficient (Wildman–Crippen LogP) is 2.81. The zero-order chi connectivity index (χ0) is 11.7. The Bertz CT molecular complexity index is 488. The second-order valence-electron chi connectivity index (χ2n) is 3.87. The van der Waals surface area contributed by atoms with Crippen molar-refractivity contribution < 1.29 is 0 Å². The van der Waals surface area contributed by atoms with Gasteiger partial charge < -0.3 is 9.47 Å². The zero-order valence-electron chi connectivity index (χ0n) is 9.61. The second kappa shape index (κ2) is 4.18. The lowest BCUT2D eigenvalue weighted by atomic mass is 10.2. The first-order valence-electron chi connectivity index (χ1n) is 5.06. The van der Waals surface area contributed by atoms with Crippen LogP contribution in [-0.2, 0) is 7.05 Å². The van der Waals surface area contributed by atoms with Crippen LogP contribution in [0.3, 0.4) is 0 Å². The van der Waals surface area contributed by atoms with Gasteiger partial charge in [-0.15, -0.1) is 0 Å². The van der Waals surface area contributed by atoms with Gasteiger partial charge in [0.25, 0.3) is 0 Å². The van der Waals surface area contributed by atoms with E-state index in [2.05, 4.69) is 4.98 Å². The fraction of sp³-hybridized carbons (Fsp3) is 0.250. The quantitative estimate of drug-likeness (QED) is 0.798. The summed E-state index contributed by atoms with van der Waals surface area (Å²) in [6.07, 6.45) is 0. The fourth-order valence-corrected chi connectivity index (χ4v) is 1.89. The molecule has 1 aromatic carbocycles. The molecule has 0 amide bonds. The molecule has 3 nitrogen and oxygen atoms in total. The van der Waals surface area contributed by atoms with Crippen LogP contribution in [0.1, 0.15) is 0 Å². The van der Waals surface area contributed by atoms with E-state index in [1.54, 1.807) is 0 Å². The molecule has 2 aromatic rings. The third kappa shape index (κ3) is 1.78. The fourth-order valence-electron chi connectivity index (χ4n) is 1.59. The van der Waals surface area contributed by atoms with Crippen molar-refractivity contribution in [3.8, 4) is 11.4 Å². The maximum Gasteiger partial charge on any atom is 0.166 e. The van der Waals surface area contributed by atoms with Gasteiger partial charge in [-0.1, -0.05) is 41.9 Å². The maximum absolute atomic E-state index is 6.22. The van der Waals surface area contributed by atoms with Gasteiger partial charge in [0, 0.05) is 26.7 Å². The average molecular weight is 236 g/mol. The lowest BCUT2D eigenvalue weighted by Crippen LogP contribution is -2.09. The lowest BCUT2D eigenvalue weighted by molar-refractivity contribution is 0.925. The minimum atomic E-state index is 0.656. The third-order valence-corrected chi connectivity index (χ3v) is 2.89. The van der Waals surface area contributed by atoms with E-state index < -0.39 is 0 Å². The summed E-state index contributed by atoms with van der Waals surface area (Å²) in [5, 5.41) is 0.656. The molecular formula is C12H14ClN3. The average Bonchev–Trinajstić information content (AvgIpc) is 2.58. The van der Waals surface area contributed by atoms with Gasteiger partial charge in [0.05, 0.1) is 0 Å². The number of rotatable bonds is 2. The van der Waals surface area contributed by atoms with E-state index in [1.165, 1.54) is 0 Å². The highest BCUT2D eigenvalue weighted by Gasteiger charge is 2.15. The first-order chi connectivity index (χ1) is 7.61. The van der Waals surface area contributed by atoms with Crippen molar-refractivity contribution in [3.05, 3.63) is 35.5 Å². The van der Waals surface area contributed by atoms with E-state index in [1.807, 2.05) is 60.9 Å². The lowest BCUT2D eigenvalue weighted by Gasteiger charge is -2.07. The van der Waals surface area contributed by atoms with Gasteiger partial charge in [0.15, 0.2) is 11.0 Å². The predicted molar refractivity (Wildman–Crippen MR) is 68.0 cm³/mol. The molecule has 0 atom stereocenters. The topological polar surface area (TPSA) is 21.1 Å². The summed E-state index contributed by atoms with van der Waals surface area (Å²) in [5.41, 5.74) is 1.07. The van der Waals surface area contributed by atoms with Crippen LogP contribution in [0.15, 0.2) is 30.3 Å². The van der Waals surface area contributed by atoms with Crippen LogP contribution >= 0.6 is 11.6 Å². The Morgan fingerprint density at radius 3 is 2.31 bits per heavy atom. The molecule has 1 heterocycles. The number of hydrogen-bond donors (Lipinski definition) is 0. The molecule has 2 rings (SSSR count). The van der Waals surface area contributed by atoms with Crippen LogP contribution in [0.2, 0.25) is 5.15 Å². The monoisotopic (exact) mass is 235 g/mol. The Kier molecular flexibility index (Phi) is 2.88. The molecule has 0 radical (unpaired) electrons. The third-order valence-electron chi connectivity index (χ3n) is 2.46. The second-order valence-corrected chi connectivity index (χ2v) is 4.23. The van der Waals surface area contributed by atoms with Crippen molar-refractivity contribution >= 4 is 17.4 Å². The summed E-state index contributed by atoms with van der Waals surface area (Å²) < 4.78 is 1.90. The Morgan fingerprint density at radius 1 is 1.19 bits per heavy atom. The number of anilines is 1. The van der Waals surface area contributed by atoms with Gasteiger partial charge >= 0.3 is 0 Å². The Balaban J connectivity index is 2.55. The van der Waals surface area contributed by atoms with E-state index in [0.717, 1.165) is 17.2 Å². The Morgan fingerprint density at radius 2 is 1.81 bits per heavy atom. The number of hydrogen-bond acceptors (Lipinski definition) is 2. The first-order valence-corrected chi connectivity index (χ1v) is 5.44. The molecule has 0 bridgehead atoms. The van der Waals surface area contributed by atoms with Gasteiger partial charge in [0.1, 0.15) is 5.82 Å². The van der Waals surface area contributed by atoms with Crippen molar-refractivity contribution in [3.63, 3.8) is 0 Å². The van der Waals surface area contributed by atoms with Crippen LogP contribution in [0.5, 0.6) is 0 Å². The summed E-state index contributed by atoms with van der Waals surface area (Å²) >= 11 is 6.22. The molecule has 16 heavy (non-hydrogen) atoms. The van der Waals surface area contributed by atoms with Gasteiger partial charge in [-0.25, -0.2) is 4.98 Å². The van der Waals surface area contributed by atoms with E-state index in [0.29, 0.717) is 5.15 Å². The van der Waals surface area contributed by atoms with E-state index >= 15 is 0 Å². The van der Waals surface area contributed by atoms with Crippen LogP contribution in [0, 0.1) is 0 Å². The molecular weight excluding hydrogens is 222 g/mol. The van der Waals surface area contributed by atoms with E-state index in [4.69, 9.17) is 11.6 Å². The number of nitrogens with zero attached hydrogens (tertiary/aromatic N) is 3. The molecule has 0 fully saturated rings. The van der Waals surface area contributed by atoms with Crippen LogP contribution in [0.4, 0.5) is 5.82 Å². The molecule has 1 aromatic heterocycles. The number of halogens is 1. The number of imidazole rings is 1. The molecule has 0 aliphatic rings. The minimum Gasteiger partial charge on any atom is -0.360 e. The summed E-state index contributed by atoms with van der Waals surface area (Å²) in [6, 6.07) is 10.0. The highest BCUT2D eigenvalue weighted by atomic mass is 35.5. The summed E-state index contributed by atoms with van der Waals surface area (Å²) in [4.78, 5) is 6.45. The summed E-state index contributed by atoms with van der Waals surface area (Å²) in [5.74, 6) is 1.68. The molecule has 0 aliphatic carbocycles. The SMILES string of the molecule is CN(C)c1nc(-c2ccccc2)n(C)c1Cl. The van der Waals surface area contributed by atoms with Crippen LogP contribution < -0.4 is 4.90 Å². The van der Waals surface area contributed by atoms with Gasteiger partial charge in [-0.3, -0.25) is 0 Å². The molecule has 0 spiro atoms. The smallest absolute Gasteiger partial charge is 0.166 e. The van der Waals surface area contributed by atoms with Crippen molar-refractivity contribution in [2.45, 2.75) is 0 Å². The van der Waals surface area contributed by atoms with E-state index in [9.17, 15) is 0 Å². The minimum absolute atomic E-state index is 0.656. The summed E-state index contributed by atoms with van der Waals surface area (Å²) in [6.45, 7) is 0.